The highest BCUT2D eigenvalue weighted by Gasteiger charge is 2.19. The molecule has 0 bridgehead atoms. The van der Waals surface area contributed by atoms with E-state index in [4.69, 9.17) is 5.26 Å². The van der Waals surface area contributed by atoms with E-state index in [1.54, 1.807) is 0 Å². The maximum atomic E-state index is 11.8. The summed E-state index contributed by atoms with van der Waals surface area (Å²) in [6.07, 6.45) is 0.205. The van der Waals surface area contributed by atoms with Gasteiger partial charge < -0.3 is 15.1 Å². The molecule has 1 amide bonds. The van der Waals surface area contributed by atoms with Gasteiger partial charge in [0.2, 0.25) is 0 Å². The molecule has 0 fully saturated rings. The summed E-state index contributed by atoms with van der Waals surface area (Å²) in [7, 11) is 1.51. The van der Waals surface area contributed by atoms with Crippen molar-refractivity contribution in [3.8, 4) is 17.6 Å². The van der Waals surface area contributed by atoms with E-state index in [1.807, 2.05) is 6.07 Å². The summed E-state index contributed by atoms with van der Waals surface area (Å²) < 4.78 is 0. The summed E-state index contributed by atoms with van der Waals surface area (Å²) >= 11 is 0. The topological polar surface area (TPSA) is 84.6 Å². The highest BCUT2D eigenvalue weighted by molar-refractivity contribution is 5.99. The maximum absolute atomic E-state index is 11.8. The molecule has 0 spiro atoms. The van der Waals surface area contributed by atoms with Gasteiger partial charge in [0.1, 0.15) is 17.1 Å². The van der Waals surface area contributed by atoms with Gasteiger partial charge in [-0.05, 0) is 12.1 Å². The predicted octanol–water partition coefficient (Wildman–Crippen LogP) is 1.08. The molecule has 0 aliphatic carbocycles. The van der Waals surface area contributed by atoms with Crippen molar-refractivity contribution in [2.24, 2.45) is 0 Å². The standard InChI is InChI=1S/C11H12N2O3/c1-13(7-3-6-12)11(16)10-8(14)4-2-5-9(10)15/h2,4-5,14-15H,3,7H2,1H3. The summed E-state index contributed by atoms with van der Waals surface area (Å²) in [5.41, 5.74) is -0.136. The quantitative estimate of drug-likeness (QED) is 0.798. The Hall–Kier alpha value is -2.22. The SMILES string of the molecule is CN(CCC#N)C(=O)c1c(O)cccc1O. The van der Waals surface area contributed by atoms with Gasteiger partial charge in [0.25, 0.3) is 5.91 Å². The Morgan fingerprint density at radius 3 is 2.50 bits per heavy atom. The Balaban J connectivity index is 2.93. The second-order valence-corrected chi connectivity index (χ2v) is 3.31. The van der Waals surface area contributed by atoms with Crippen LogP contribution in [-0.2, 0) is 0 Å². The third-order valence-corrected chi connectivity index (χ3v) is 2.14. The summed E-state index contributed by atoms with van der Waals surface area (Å²) in [6, 6.07) is 6.01. The first-order chi connectivity index (χ1) is 7.57. The number of amides is 1. The summed E-state index contributed by atoms with van der Waals surface area (Å²) in [5, 5.41) is 27.3. The number of hydrogen-bond acceptors (Lipinski definition) is 4. The molecule has 0 unspecified atom stereocenters. The van der Waals surface area contributed by atoms with Crippen LogP contribution in [0.5, 0.6) is 11.5 Å². The second-order valence-electron chi connectivity index (χ2n) is 3.31. The lowest BCUT2D eigenvalue weighted by atomic mass is 10.1. The van der Waals surface area contributed by atoms with Crippen molar-refractivity contribution in [3.63, 3.8) is 0 Å². The van der Waals surface area contributed by atoms with E-state index in [2.05, 4.69) is 0 Å². The lowest BCUT2D eigenvalue weighted by Crippen LogP contribution is -2.27. The number of phenolic OH excluding ortho intramolecular Hbond substituents is 2. The average Bonchev–Trinajstić information content (AvgIpc) is 2.25. The fourth-order valence-corrected chi connectivity index (χ4v) is 1.26. The van der Waals surface area contributed by atoms with E-state index in [9.17, 15) is 15.0 Å². The molecule has 16 heavy (non-hydrogen) atoms. The van der Waals surface area contributed by atoms with Crippen LogP contribution in [0.25, 0.3) is 0 Å². The van der Waals surface area contributed by atoms with Crippen molar-refractivity contribution in [2.45, 2.75) is 6.42 Å². The first kappa shape index (κ1) is 11.9. The first-order valence-corrected chi connectivity index (χ1v) is 4.71. The van der Waals surface area contributed by atoms with Crippen LogP contribution in [-0.4, -0.2) is 34.6 Å². The molecule has 1 aromatic rings. The predicted molar refractivity (Wildman–Crippen MR) is 57.0 cm³/mol. The Bertz CT molecular complexity index is 417. The molecule has 1 aromatic carbocycles. The van der Waals surface area contributed by atoms with Gasteiger partial charge >= 0.3 is 0 Å². The lowest BCUT2D eigenvalue weighted by Gasteiger charge is -2.16. The smallest absolute Gasteiger partial charge is 0.261 e. The van der Waals surface area contributed by atoms with E-state index >= 15 is 0 Å². The average molecular weight is 220 g/mol. The molecule has 0 saturated carbocycles. The largest absolute Gasteiger partial charge is 0.507 e. The van der Waals surface area contributed by atoms with Crippen molar-refractivity contribution in [1.82, 2.24) is 4.90 Å². The van der Waals surface area contributed by atoms with Crippen molar-refractivity contribution in [3.05, 3.63) is 23.8 Å². The Kier molecular flexibility index (Phi) is 3.72. The number of rotatable bonds is 3. The molecule has 5 nitrogen and oxygen atoms in total. The van der Waals surface area contributed by atoms with Crippen LogP contribution < -0.4 is 0 Å². The van der Waals surface area contributed by atoms with Crippen LogP contribution in [0.4, 0.5) is 0 Å². The third-order valence-electron chi connectivity index (χ3n) is 2.14. The molecule has 0 aliphatic rings. The van der Waals surface area contributed by atoms with Crippen LogP contribution >= 0.6 is 0 Å². The van der Waals surface area contributed by atoms with Crippen LogP contribution in [0.1, 0.15) is 16.8 Å². The van der Waals surface area contributed by atoms with Crippen molar-refractivity contribution in [1.29, 1.82) is 5.26 Å². The molecular weight excluding hydrogens is 208 g/mol. The molecule has 0 aromatic heterocycles. The number of carbonyl (C=O) groups is 1. The number of nitriles is 1. The molecule has 0 atom stereocenters. The van der Waals surface area contributed by atoms with E-state index in [0.29, 0.717) is 0 Å². The van der Waals surface area contributed by atoms with Gasteiger partial charge in [-0.25, -0.2) is 0 Å². The Morgan fingerprint density at radius 1 is 1.44 bits per heavy atom. The van der Waals surface area contributed by atoms with Gasteiger partial charge in [0, 0.05) is 13.6 Å². The van der Waals surface area contributed by atoms with Crippen molar-refractivity contribution < 1.29 is 15.0 Å². The first-order valence-electron chi connectivity index (χ1n) is 4.71. The molecule has 2 N–H and O–H groups in total. The lowest BCUT2D eigenvalue weighted by molar-refractivity contribution is 0.0792. The Morgan fingerprint density at radius 2 is 2.00 bits per heavy atom. The Labute approximate surface area is 93.2 Å². The zero-order valence-corrected chi connectivity index (χ0v) is 8.84. The molecule has 84 valence electrons. The fraction of sp³-hybridized carbons (Fsp3) is 0.273. The van der Waals surface area contributed by atoms with Crippen molar-refractivity contribution in [2.75, 3.05) is 13.6 Å². The number of benzene rings is 1. The summed E-state index contributed by atoms with van der Waals surface area (Å²) in [6.45, 7) is 0.253. The van der Waals surface area contributed by atoms with Gasteiger partial charge in [-0.2, -0.15) is 5.26 Å². The van der Waals surface area contributed by atoms with E-state index in [-0.39, 0.29) is 30.0 Å². The minimum Gasteiger partial charge on any atom is -0.507 e. The number of aromatic hydroxyl groups is 2. The van der Waals surface area contributed by atoms with Crippen LogP contribution in [0, 0.1) is 11.3 Å². The molecule has 5 heteroatoms. The molecule has 0 aliphatic heterocycles. The number of hydrogen-bond donors (Lipinski definition) is 2. The summed E-state index contributed by atoms with van der Waals surface area (Å²) in [4.78, 5) is 13.1. The molecule has 0 heterocycles. The van der Waals surface area contributed by atoms with Crippen molar-refractivity contribution >= 4 is 5.91 Å². The molecule has 1 rings (SSSR count). The van der Waals surface area contributed by atoms with Gasteiger partial charge in [-0.1, -0.05) is 6.07 Å². The van der Waals surface area contributed by atoms with Gasteiger partial charge in [0.05, 0.1) is 12.5 Å². The van der Waals surface area contributed by atoms with E-state index in [1.165, 1.54) is 30.1 Å². The molecule has 0 saturated heterocycles. The molecule has 0 radical (unpaired) electrons. The van der Waals surface area contributed by atoms with E-state index < -0.39 is 5.91 Å². The van der Waals surface area contributed by atoms with Gasteiger partial charge in [-0.15, -0.1) is 0 Å². The minimum atomic E-state index is -0.508. The fourth-order valence-electron chi connectivity index (χ4n) is 1.26. The number of nitrogens with zero attached hydrogens (tertiary/aromatic N) is 2. The summed E-state index contributed by atoms with van der Waals surface area (Å²) in [5.74, 6) is -1.05. The van der Waals surface area contributed by atoms with Gasteiger partial charge in [-0.3, -0.25) is 4.79 Å². The number of phenols is 2. The monoisotopic (exact) mass is 220 g/mol. The van der Waals surface area contributed by atoms with Crippen LogP contribution in [0.2, 0.25) is 0 Å². The minimum absolute atomic E-state index is 0.136. The van der Waals surface area contributed by atoms with Crippen LogP contribution in [0.3, 0.4) is 0 Å². The van der Waals surface area contributed by atoms with Gasteiger partial charge in [0.15, 0.2) is 0 Å². The maximum Gasteiger partial charge on any atom is 0.261 e. The normalized spacial score (nSPS) is 9.50. The second kappa shape index (κ2) is 5.03. The highest BCUT2D eigenvalue weighted by Crippen LogP contribution is 2.27. The third kappa shape index (κ3) is 2.42. The van der Waals surface area contributed by atoms with E-state index in [0.717, 1.165) is 0 Å². The number of carbonyl (C=O) groups excluding carboxylic acids is 1. The zero-order valence-electron chi connectivity index (χ0n) is 8.84. The molecular formula is C11H12N2O3. The highest BCUT2D eigenvalue weighted by atomic mass is 16.3. The zero-order chi connectivity index (χ0) is 12.1. The van der Waals surface area contributed by atoms with Crippen LogP contribution in [0.15, 0.2) is 18.2 Å².